The first kappa shape index (κ1) is 13.0. The quantitative estimate of drug-likeness (QED) is 0.714. The van der Waals surface area contributed by atoms with Crippen molar-refractivity contribution in [1.29, 1.82) is 0 Å². The van der Waals surface area contributed by atoms with Crippen LogP contribution in [0.4, 0.5) is 0 Å². The SMILES string of the molecule is CCCNCCCOc1cc(C)ccc1C. The molecule has 0 aliphatic heterocycles. The highest BCUT2D eigenvalue weighted by atomic mass is 16.5. The molecule has 0 saturated carbocycles. The fraction of sp³-hybridized carbons (Fsp3) is 0.571. The third-order valence-corrected chi connectivity index (χ3v) is 2.53. The predicted molar refractivity (Wildman–Crippen MR) is 69.2 cm³/mol. The number of hydrogen-bond donors (Lipinski definition) is 1. The molecule has 1 aromatic carbocycles. The Labute approximate surface area is 99.0 Å². The van der Waals surface area contributed by atoms with Crippen molar-refractivity contribution in [3.63, 3.8) is 0 Å². The van der Waals surface area contributed by atoms with E-state index in [4.69, 9.17) is 4.74 Å². The number of nitrogens with one attached hydrogen (secondary N) is 1. The Bertz CT molecular complexity index is 310. The maximum Gasteiger partial charge on any atom is 0.122 e. The van der Waals surface area contributed by atoms with Gasteiger partial charge in [-0.25, -0.2) is 0 Å². The molecule has 0 aromatic heterocycles. The molecule has 0 atom stereocenters. The van der Waals surface area contributed by atoms with Gasteiger partial charge in [0.2, 0.25) is 0 Å². The van der Waals surface area contributed by atoms with E-state index >= 15 is 0 Å². The van der Waals surface area contributed by atoms with Crippen molar-refractivity contribution in [2.45, 2.75) is 33.6 Å². The van der Waals surface area contributed by atoms with E-state index in [-0.39, 0.29) is 0 Å². The summed E-state index contributed by atoms with van der Waals surface area (Å²) >= 11 is 0. The standard InChI is InChI=1S/C14H23NO/c1-4-8-15-9-5-10-16-14-11-12(2)6-7-13(14)3/h6-7,11,15H,4-5,8-10H2,1-3H3. The number of hydrogen-bond acceptors (Lipinski definition) is 2. The predicted octanol–water partition coefficient (Wildman–Crippen LogP) is 3.07. The largest absolute Gasteiger partial charge is 0.493 e. The summed E-state index contributed by atoms with van der Waals surface area (Å²) in [7, 11) is 0. The molecule has 0 fully saturated rings. The van der Waals surface area contributed by atoms with E-state index in [0.29, 0.717) is 0 Å². The van der Waals surface area contributed by atoms with Gasteiger partial charge in [0.05, 0.1) is 6.61 Å². The molecular formula is C14H23NO. The van der Waals surface area contributed by atoms with Gasteiger partial charge in [-0.15, -0.1) is 0 Å². The van der Waals surface area contributed by atoms with Crippen molar-refractivity contribution in [2.75, 3.05) is 19.7 Å². The highest BCUT2D eigenvalue weighted by Crippen LogP contribution is 2.18. The number of aryl methyl sites for hydroxylation is 2. The third kappa shape index (κ3) is 4.67. The number of benzene rings is 1. The maximum absolute atomic E-state index is 5.76. The number of ether oxygens (including phenoxy) is 1. The minimum atomic E-state index is 0.793. The second kappa shape index (κ2) is 7.29. The Morgan fingerprint density at radius 1 is 1.19 bits per heavy atom. The van der Waals surface area contributed by atoms with Gasteiger partial charge >= 0.3 is 0 Å². The van der Waals surface area contributed by atoms with Crippen LogP contribution in [-0.2, 0) is 0 Å². The van der Waals surface area contributed by atoms with E-state index in [1.165, 1.54) is 17.5 Å². The van der Waals surface area contributed by atoms with Crippen molar-refractivity contribution >= 4 is 0 Å². The Balaban J connectivity index is 2.23. The minimum absolute atomic E-state index is 0.793. The molecule has 90 valence electrons. The zero-order valence-corrected chi connectivity index (χ0v) is 10.7. The molecule has 0 unspecified atom stereocenters. The molecule has 0 bridgehead atoms. The van der Waals surface area contributed by atoms with Crippen molar-refractivity contribution in [2.24, 2.45) is 0 Å². The van der Waals surface area contributed by atoms with Gasteiger partial charge in [0.25, 0.3) is 0 Å². The summed E-state index contributed by atoms with van der Waals surface area (Å²) in [5.74, 6) is 1.02. The molecule has 0 aliphatic carbocycles. The Morgan fingerprint density at radius 2 is 2.00 bits per heavy atom. The van der Waals surface area contributed by atoms with Gasteiger partial charge in [-0.3, -0.25) is 0 Å². The van der Waals surface area contributed by atoms with Crippen LogP contribution in [0.3, 0.4) is 0 Å². The molecule has 0 saturated heterocycles. The molecule has 2 heteroatoms. The van der Waals surface area contributed by atoms with Crippen LogP contribution < -0.4 is 10.1 Å². The molecule has 0 spiro atoms. The van der Waals surface area contributed by atoms with Crippen molar-refractivity contribution in [3.05, 3.63) is 29.3 Å². The van der Waals surface area contributed by atoms with Gasteiger partial charge in [0.1, 0.15) is 5.75 Å². The highest BCUT2D eigenvalue weighted by molar-refractivity contribution is 5.35. The minimum Gasteiger partial charge on any atom is -0.493 e. The van der Waals surface area contributed by atoms with E-state index in [9.17, 15) is 0 Å². The van der Waals surface area contributed by atoms with E-state index in [2.05, 4.69) is 44.3 Å². The first-order chi connectivity index (χ1) is 7.74. The molecule has 1 aromatic rings. The molecule has 0 heterocycles. The normalized spacial score (nSPS) is 10.4. The Morgan fingerprint density at radius 3 is 2.75 bits per heavy atom. The lowest BCUT2D eigenvalue weighted by molar-refractivity contribution is 0.306. The van der Waals surface area contributed by atoms with Gasteiger partial charge < -0.3 is 10.1 Å². The maximum atomic E-state index is 5.76. The van der Waals surface area contributed by atoms with Crippen molar-refractivity contribution in [1.82, 2.24) is 5.32 Å². The average Bonchev–Trinajstić information content (AvgIpc) is 2.28. The van der Waals surface area contributed by atoms with Gasteiger partial charge in [0, 0.05) is 0 Å². The van der Waals surface area contributed by atoms with Crippen molar-refractivity contribution < 1.29 is 4.74 Å². The van der Waals surface area contributed by atoms with E-state index in [1.54, 1.807) is 0 Å². The molecule has 1 N–H and O–H groups in total. The molecule has 2 nitrogen and oxygen atoms in total. The topological polar surface area (TPSA) is 21.3 Å². The van der Waals surface area contributed by atoms with Crippen LogP contribution in [0.25, 0.3) is 0 Å². The monoisotopic (exact) mass is 221 g/mol. The zero-order chi connectivity index (χ0) is 11.8. The summed E-state index contributed by atoms with van der Waals surface area (Å²) in [6.45, 7) is 9.29. The van der Waals surface area contributed by atoms with Crippen LogP contribution in [0.1, 0.15) is 30.9 Å². The van der Waals surface area contributed by atoms with Crippen LogP contribution in [0.2, 0.25) is 0 Å². The summed E-state index contributed by atoms with van der Waals surface area (Å²) in [6, 6.07) is 6.33. The molecule has 0 radical (unpaired) electrons. The summed E-state index contributed by atoms with van der Waals surface area (Å²) in [5.41, 5.74) is 2.47. The van der Waals surface area contributed by atoms with E-state index in [0.717, 1.165) is 31.9 Å². The Kier molecular flexibility index (Phi) is 5.94. The zero-order valence-electron chi connectivity index (χ0n) is 10.7. The first-order valence-corrected chi connectivity index (χ1v) is 6.15. The van der Waals surface area contributed by atoms with E-state index in [1.807, 2.05) is 0 Å². The fourth-order valence-corrected chi connectivity index (χ4v) is 1.54. The fourth-order valence-electron chi connectivity index (χ4n) is 1.54. The van der Waals surface area contributed by atoms with Gasteiger partial charge in [-0.2, -0.15) is 0 Å². The van der Waals surface area contributed by atoms with Gasteiger partial charge in [-0.1, -0.05) is 19.1 Å². The third-order valence-electron chi connectivity index (χ3n) is 2.53. The summed E-state index contributed by atoms with van der Waals surface area (Å²) < 4.78 is 5.76. The van der Waals surface area contributed by atoms with Crippen LogP contribution >= 0.6 is 0 Å². The molecule has 0 aliphatic rings. The smallest absolute Gasteiger partial charge is 0.122 e. The lowest BCUT2D eigenvalue weighted by Gasteiger charge is -2.10. The average molecular weight is 221 g/mol. The lowest BCUT2D eigenvalue weighted by atomic mass is 10.1. The van der Waals surface area contributed by atoms with Crippen LogP contribution in [-0.4, -0.2) is 19.7 Å². The van der Waals surface area contributed by atoms with Gasteiger partial charge in [0.15, 0.2) is 0 Å². The van der Waals surface area contributed by atoms with Crippen LogP contribution in [0, 0.1) is 13.8 Å². The summed E-state index contributed by atoms with van der Waals surface area (Å²) in [4.78, 5) is 0. The van der Waals surface area contributed by atoms with Crippen LogP contribution in [0.5, 0.6) is 5.75 Å². The molecule has 16 heavy (non-hydrogen) atoms. The van der Waals surface area contributed by atoms with Crippen molar-refractivity contribution in [3.8, 4) is 5.75 Å². The number of rotatable bonds is 7. The summed E-state index contributed by atoms with van der Waals surface area (Å²) in [6.07, 6.45) is 2.26. The molecule has 1 rings (SSSR count). The lowest BCUT2D eigenvalue weighted by Crippen LogP contribution is -2.18. The molecule has 0 amide bonds. The highest BCUT2D eigenvalue weighted by Gasteiger charge is 1.99. The molecular weight excluding hydrogens is 198 g/mol. The Hall–Kier alpha value is -1.02. The van der Waals surface area contributed by atoms with E-state index < -0.39 is 0 Å². The van der Waals surface area contributed by atoms with Crippen LogP contribution in [0.15, 0.2) is 18.2 Å². The van der Waals surface area contributed by atoms with Gasteiger partial charge in [-0.05, 0) is 57.0 Å². The second-order valence-electron chi connectivity index (χ2n) is 4.22. The summed E-state index contributed by atoms with van der Waals surface area (Å²) in [5, 5.41) is 3.37. The first-order valence-electron chi connectivity index (χ1n) is 6.15. The second-order valence-corrected chi connectivity index (χ2v) is 4.22.